The number of rotatable bonds is 22. The Kier molecular flexibility index (Phi) is 33.3. The lowest BCUT2D eigenvalue weighted by molar-refractivity contribution is -0.147. The molecule has 21 nitrogen and oxygen atoms in total. The van der Waals surface area contributed by atoms with E-state index in [0.717, 1.165) is 155 Å². The van der Waals surface area contributed by atoms with E-state index < -0.39 is 26.6 Å². The molecule has 6 fully saturated rings. The fraction of sp³-hybridized carbons (Fsp3) is 0.500. The van der Waals surface area contributed by atoms with E-state index in [9.17, 15) is 45.8 Å². The van der Waals surface area contributed by atoms with Gasteiger partial charge in [-0.05, 0) is 162 Å². The number of nitrogens with two attached hydrogens (primary N) is 2. The minimum absolute atomic E-state index is 0.00789. The number of ether oxygens (including phenoxy) is 3. The van der Waals surface area contributed by atoms with Crippen LogP contribution in [-0.2, 0) is 83.6 Å². The summed E-state index contributed by atoms with van der Waals surface area (Å²) < 4.78 is 69.3. The van der Waals surface area contributed by atoms with Crippen LogP contribution in [0.5, 0.6) is 0 Å². The summed E-state index contributed by atoms with van der Waals surface area (Å²) in [7, 11) is -5.69. The number of likely N-dealkylation sites (tertiary alicyclic amines) is 2. The molecule has 0 bridgehead atoms. The number of carbonyl (C=O) groups excluding carboxylic acids is 6. The Morgan fingerprint density at radius 1 is 0.620 bits per heavy atom. The summed E-state index contributed by atoms with van der Waals surface area (Å²) in [5.41, 5.74) is 16.2. The van der Waals surface area contributed by atoms with Crippen LogP contribution in [0.15, 0.2) is 150 Å². The van der Waals surface area contributed by atoms with E-state index in [4.69, 9.17) is 48.9 Å². The lowest BCUT2D eigenvalue weighted by Gasteiger charge is -2.35. The molecule has 108 heavy (non-hydrogen) atoms. The van der Waals surface area contributed by atoms with Crippen molar-refractivity contribution in [2.75, 3.05) is 25.2 Å². The lowest BCUT2D eigenvalue weighted by Crippen LogP contribution is -2.43. The Bertz CT molecular complexity index is 4210. The summed E-state index contributed by atoms with van der Waals surface area (Å²) in [5.74, 6) is 1.09. The third kappa shape index (κ3) is 26.4. The minimum atomic E-state index is -4.00. The van der Waals surface area contributed by atoms with Gasteiger partial charge in [0.15, 0.2) is 22.3 Å². The SMILES string of the molecule is Cc1ccc(S(=O)(=O)n2cc(-c3ncc(F)c(S(C)=O)n3)c3cc(Cl)cnc32)cc1.N[C@@H]1CCC[C@H](CC(=O)OCc2ccccc2)C1.N[C@H]1CCC[C@@H](N2CCCC2=O)C1.O=C(CCCCl)N[C@@H]1CCC[C@H](CC(=O)OCc2ccccc2)C1.O=C(C[C@H]1CCC[C@@H](N2CCCC2=O)C1)OCc1ccccc1. The maximum Gasteiger partial charge on any atom is 0.306 e. The summed E-state index contributed by atoms with van der Waals surface area (Å²) >= 11 is 11.7. The number of alkyl halides is 1. The number of amides is 3. The van der Waals surface area contributed by atoms with Crippen LogP contribution in [0, 0.1) is 30.5 Å². The van der Waals surface area contributed by atoms with Gasteiger partial charge in [0.05, 0.1) is 26.9 Å². The van der Waals surface area contributed by atoms with E-state index in [-0.39, 0.29) is 67.9 Å². The van der Waals surface area contributed by atoms with Gasteiger partial charge < -0.3 is 40.8 Å². The summed E-state index contributed by atoms with van der Waals surface area (Å²) in [6.45, 7) is 4.76. The van der Waals surface area contributed by atoms with Gasteiger partial charge in [0.2, 0.25) is 17.7 Å². The number of fused-ring (bicyclic) bond motifs is 1. The molecule has 5 heterocycles. The van der Waals surface area contributed by atoms with Crippen LogP contribution in [0.3, 0.4) is 0 Å². The third-order valence-electron chi connectivity index (χ3n) is 20.5. The summed E-state index contributed by atoms with van der Waals surface area (Å²) in [5, 5.41) is 3.42. The number of halogens is 3. The first-order valence-electron chi connectivity index (χ1n) is 38.0. The Hall–Kier alpha value is -8.00. The normalized spacial score (nSPS) is 21.6. The Labute approximate surface area is 647 Å². The van der Waals surface area contributed by atoms with E-state index in [1.807, 2.05) is 103 Å². The topological polar surface area (TPSA) is 295 Å². The summed E-state index contributed by atoms with van der Waals surface area (Å²) in [6, 6.07) is 38.7. The molecular formula is C82H104Cl2FN9O12S2. The van der Waals surface area contributed by atoms with Gasteiger partial charge in [-0.15, -0.1) is 11.6 Å². The van der Waals surface area contributed by atoms with Crippen LogP contribution in [-0.4, -0.2) is 132 Å². The first-order chi connectivity index (χ1) is 52.1. The molecule has 4 aromatic carbocycles. The minimum Gasteiger partial charge on any atom is -0.461 e. The number of benzene rings is 4. The number of aromatic nitrogens is 4. The molecule has 4 aliphatic carbocycles. The maximum atomic E-state index is 13.9. The van der Waals surface area contributed by atoms with Gasteiger partial charge >= 0.3 is 17.9 Å². The van der Waals surface area contributed by atoms with Crippen molar-refractivity contribution in [3.8, 4) is 11.4 Å². The molecule has 582 valence electrons. The number of carbonyl (C=O) groups is 6. The van der Waals surface area contributed by atoms with Crippen molar-refractivity contribution in [1.29, 1.82) is 0 Å². The second kappa shape index (κ2) is 42.8. The molecule has 0 radical (unpaired) electrons. The Morgan fingerprint density at radius 3 is 1.59 bits per heavy atom. The maximum absolute atomic E-state index is 13.9. The van der Waals surface area contributed by atoms with Gasteiger partial charge in [-0.1, -0.05) is 140 Å². The zero-order chi connectivity index (χ0) is 77.0. The number of hydrogen-bond acceptors (Lipinski definition) is 17. The van der Waals surface area contributed by atoms with Crippen LogP contribution < -0.4 is 16.8 Å². The highest BCUT2D eigenvalue weighted by atomic mass is 35.5. The van der Waals surface area contributed by atoms with E-state index >= 15 is 0 Å². The van der Waals surface area contributed by atoms with Crippen LogP contribution in [0.25, 0.3) is 22.4 Å². The average Bonchev–Trinajstić information content (AvgIpc) is 1.59. The number of hydrogen-bond donors (Lipinski definition) is 3. The van der Waals surface area contributed by atoms with Gasteiger partial charge in [-0.25, -0.2) is 31.7 Å². The van der Waals surface area contributed by atoms with Crippen molar-refractivity contribution >= 4 is 90.7 Å². The summed E-state index contributed by atoms with van der Waals surface area (Å²) in [4.78, 5) is 87.3. The highest BCUT2D eigenvalue weighted by Gasteiger charge is 2.35. The number of nitrogens with one attached hydrogen (secondary N) is 1. The van der Waals surface area contributed by atoms with Gasteiger partial charge in [-0.3, -0.25) is 33.0 Å². The van der Waals surface area contributed by atoms with Gasteiger partial charge in [-0.2, -0.15) is 0 Å². The molecule has 4 saturated carbocycles. The van der Waals surface area contributed by atoms with Crippen molar-refractivity contribution in [2.45, 2.75) is 227 Å². The molecule has 2 aliphatic heterocycles. The molecule has 0 spiro atoms. The molecular weight excluding hydrogens is 1460 g/mol. The number of nitrogens with zero attached hydrogens (tertiary/aromatic N) is 6. The standard InChI is InChI=1S/C19H14ClFN4O3S2.C19H26ClNO3.C19H25NO3.C15H21NO2.C10H18N2O/c1-11-3-5-13(6-4-11)30(27,28)25-10-15(14-7-12(20)8-23-18(14)25)17-22-9-16(21)19(24-17)29(2)26;20-11-5-10-18(22)21-17-9-4-8-16(12-17)13-19(23)24-14-15-6-2-1-3-7-15;21-18-10-5-11-20(18)17-9-4-8-16(12-17)13-19(22)23-14-15-6-2-1-3-7-15;16-14-8-4-7-13(9-14)10-15(17)18-11-12-5-2-1-3-6-12;11-8-3-1-4-9(7-8)12-6-2-5-10(12)13/h3-10H,1-2H3;1-3,6-7,16-17H,4-5,8-14H2,(H,21,22);1-3,6-7,16-17H,4-5,8-14H2;1-3,5-6,13-14H,4,7-11,16H2;8-9H,1-7,11H2/t;2*16-,17+;13-,14+;8-,9+/m.0000/s1. The zero-order valence-corrected chi connectivity index (χ0v) is 65.2. The second-order valence-corrected chi connectivity index (χ2v) is 33.0. The lowest BCUT2D eigenvalue weighted by atomic mass is 9.83. The molecule has 3 aromatic heterocycles. The highest BCUT2D eigenvalue weighted by Crippen LogP contribution is 2.36. The first-order valence-corrected chi connectivity index (χ1v) is 41.9. The molecule has 2 saturated heterocycles. The van der Waals surface area contributed by atoms with Crippen LogP contribution in [0.1, 0.15) is 183 Å². The average molecular weight is 1560 g/mol. The van der Waals surface area contributed by atoms with Crippen molar-refractivity contribution in [3.63, 3.8) is 0 Å². The number of esters is 3. The third-order valence-corrected chi connectivity index (χ3v) is 23.5. The molecule has 5 N–H and O–H groups in total. The quantitative estimate of drug-likeness (QED) is 0.0246. The molecule has 7 aromatic rings. The van der Waals surface area contributed by atoms with E-state index in [1.165, 1.54) is 49.7 Å². The zero-order valence-electron chi connectivity index (χ0n) is 62.0. The number of pyridine rings is 1. The molecule has 6 aliphatic rings. The predicted octanol–water partition coefficient (Wildman–Crippen LogP) is 14.2. The van der Waals surface area contributed by atoms with Gasteiger partial charge in [0.25, 0.3) is 10.0 Å². The van der Waals surface area contributed by atoms with Crippen molar-refractivity contribution in [1.82, 2.24) is 34.0 Å². The molecule has 13 rings (SSSR count). The Balaban J connectivity index is 0.000000159. The van der Waals surface area contributed by atoms with Crippen molar-refractivity contribution in [3.05, 3.63) is 173 Å². The number of aryl methyl sites for hydroxylation is 1. The Morgan fingerprint density at radius 2 is 1.10 bits per heavy atom. The van der Waals surface area contributed by atoms with Crippen LogP contribution in [0.4, 0.5) is 4.39 Å². The molecule has 26 heteroatoms. The van der Waals surface area contributed by atoms with Gasteiger partial charge in [0.1, 0.15) is 19.8 Å². The predicted molar refractivity (Wildman–Crippen MR) is 416 cm³/mol. The van der Waals surface area contributed by atoms with Crippen LogP contribution >= 0.6 is 23.2 Å². The van der Waals surface area contributed by atoms with E-state index in [0.29, 0.717) is 117 Å². The largest absolute Gasteiger partial charge is 0.461 e. The van der Waals surface area contributed by atoms with Crippen molar-refractivity contribution < 1.29 is 60.0 Å². The van der Waals surface area contributed by atoms with E-state index in [2.05, 4.69) is 25.2 Å². The van der Waals surface area contributed by atoms with Crippen molar-refractivity contribution in [2.24, 2.45) is 29.2 Å². The molecule has 3 amide bonds. The smallest absolute Gasteiger partial charge is 0.306 e. The fourth-order valence-corrected chi connectivity index (χ4v) is 17.2. The fourth-order valence-electron chi connectivity index (χ4n) is 15.0. The van der Waals surface area contributed by atoms with E-state index in [1.54, 1.807) is 12.1 Å². The first kappa shape index (κ1) is 84.0. The monoisotopic (exact) mass is 1560 g/mol. The summed E-state index contributed by atoms with van der Waals surface area (Å²) in [6.07, 6.45) is 27.8. The molecule has 9 atom stereocenters. The van der Waals surface area contributed by atoms with Gasteiger partial charge in [0, 0.05) is 117 Å². The second-order valence-electron chi connectivity index (χ2n) is 29.1. The van der Waals surface area contributed by atoms with Crippen LogP contribution in [0.2, 0.25) is 5.02 Å². The highest BCUT2D eigenvalue weighted by molar-refractivity contribution is 7.90. The molecule has 1 unspecified atom stereocenters.